The van der Waals surface area contributed by atoms with E-state index in [4.69, 9.17) is 5.73 Å². The maximum Gasteiger partial charge on any atom is 0.255 e. The van der Waals surface area contributed by atoms with Gasteiger partial charge in [0.1, 0.15) is 11.7 Å². The fourth-order valence-electron chi connectivity index (χ4n) is 4.58. The molecule has 0 saturated carbocycles. The molecule has 1 atom stereocenters. The number of nitrogens with one attached hydrogen (secondary N) is 1. The Balaban J connectivity index is 1.40. The smallest absolute Gasteiger partial charge is 0.255 e. The molecule has 41 heavy (non-hydrogen) atoms. The van der Waals surface area contributed by atoms with E-state index in [1.807, 2.05) is 42.5 Å². The minimum atomic E-state index is -1.29. The first kappa shape index (κ1) is 26.9. The van der Waals surface area contributed by atoms with Gasteiger partial charge in [0.25, 0.3) is 5.91 Å². The van der Waals surface area contributed by atoms with Crippen LogP contribution < -0.4 is 16.0 Å². The van der Waals surface area contributed by atoms with E-state index in [1.54, 1.807) is 60.7 Å². The lowest BCUT2D eigenvalue weighted by Crippen LogP contribution is -2.38. The van der Waals surface area contributed by atoms with Crippen LogP contribution in [0.15, 0.2) is 133 Å². The third-order valence-electron chi connectivity index (χ3n) is 6.64. The highest BCUT2D eigenvalue weighted by molar-refractivity contribution is 6.15. The van der Waals surface area contributed by atoms with Gasteiger partial charge in [-0.2, -0.15) is 0 Å². The van der Waals surface area contributed by atoms with Crippen molar-refractivity contribution in [3.05, 3.63) is 145 Å². The first-order valence-corrected chi connectivity index (χ1v) is 13.0. The molecular weight excluding hydrogens is 514 g/mol. The second kappa shape index (κ2) is 12.0. The Kier molecular flexibility index (Phi) is 7.88. The number of phenolic OH excluding ortho intramolecular Hbond substituents is 1. The number of nitrogens with zero attached hydrogens (tertiary/aromatic N) is 1. The zero-order valence-electron chi connectivity index (χ0n) is 22.0. The van der Waals surface area contributed by atoms with E-state index in [2.05, 4.69) is 5.32 Å². The second-order valence-corrected chi connectivity index (χ2v) is 9.35. The fourth-order valence-corrected chi connectivity index (χ4v) is 4.58. The van der Waals surface area contributed by atoms with Crippen LogP contribution >= 0.6 is 0 Å². The molecule has 0 spiro atoms. The molecule has 4 N–H and O–H groups in total. The molecule has 0 saturated heterocycles. The third-order valence-corrected chi connectivity index (χ3v) is 6.64. The Morgan fingerprint density at radius 1 is 0.659 bits per heavy atom. The number of aromatic hydroxyl groups is 1. The summed E-state index contributed by atoms with van der Waals surface area (Å²) in [6.07, 6.45) is 0. The second-order valence-electron chi connectivity index (χ2n) is 9.35. The number of primary amides is 1. The largest absolute Gasteiger partial charge is 0.506 e. The number of benzene rings is 5. The molecule has 0 aliphatic heterocycles. The third kappa shape index (κ3) is 5.99. The first-order valence-electron chi connectivity index (χ1n) is 13.0. The van der Waals surface area contributed by atoms with Gasteiger partial charge in [-0.25, -0.2) is 0 Å². The van der Waals surface area contributed by atoms with Crippen molar-refractivity contribution >= 4 is 34.8 Å². The molecule has 0 heterocycles. The van der Waals surface area contributed by atoms with Crippen LogP contribution in [0.3, 0.4) is 0 Å². The molecule has 0 aromatic heterocycles. The highest BCUT2D eigenvalue weighted by Gasteiger charge is 2.32. The Morgan fingerprint density at radius 2 is 1.20 bits per heavy atom. The lowest BCUT2D eigenvalue weighted by Gasteiger charge is -2.26. The summed E-state index contributed by atoms with van der Waals surface area (Å²) in [5, 5.41) is 13.1. The molecule has 7 nitrogen and oxygen atoms in total. The van der Waals surface area contributed by atoms with Gasteiger partial charge in [-0.1, -0.05) is 84.9 Å². The molecule has 3 amide bonds. The van der Waals surface area contributed by atoms with E-state index in [0.717, 1.165) is 11.1 Å². The van der Waals surface area contributed by atoms with Crippen molar-refractivity contribution in [2.24, 2.45) is 5.73 Å². The van der Waals surface area contributed by atoms with Crippen LogP contribution in [-0.4, -0.2) is 22.8 Å². The van der Waals surface area contributed by atoms with E-state index < -0.39 is 23.6 Å². The standard InChI is InChI=1S/C34H27N3O4/c35-32(39)31(34(41)37(27-12-6-2-7-13-27)28-14-8-3-9-15-28)24-16-18-25(19-17-24)33(40)36-29-22-26(20-21-30(29)38)23-10-4-1-5-11-23/h1-22,31,38H,(H2,35,39)(H,36,40). The van der Waals surface area contributed by atoms with Crippen LogP contribution in [0.1, 0.15) is 21.8 Å². The molecule has 0 fully saturated rings. The molecule has 0 radical (unpaired) electrons. The van der Waals surface area contributed by atoms with Crippen LogP contribution in [0, 0.1) is 0 Å². The number of hydrogen-bond acceptors (Lipinski definition) is 4. The summed E-state index contributed by atoms with van der Waals surface area (Å²) in [6.45, 7) is 0. The number of para-hydroxylation sites is 2. The van der Waals surface area contributed by atoms with Crippen molar-refractivity contribution in [2.75, 3.05) is 10.2 Å². The van der Waals surface area contributed by atoms with Crippen LogP contribution in [0.5, 0.6) is 5.75 Å². The number of carbonyl (C=O) groups is 3. The van der Waals surface area contributed by atoms with Crippen LogP contribution in [0.4, 0.5) is 17.1 Å². The van der Waals surface area contributed by atoms with Crippen molar-refractivity contribution in [1.29, 1.82) is 0 Å². The average molecular weight is 542 g/mol. The summed E-state index contributed by atoms with van der Waals surface area (Å²) >= 11 is 0. The minimum Gasteiger partial charge on any atom is -0.506 e. The van der Waals surface area contributed by atoms with Gasteiger partial charge in [0.15, 0.2) is 0 Å². The first-order chi connectivity index (χ1) is 19.9. The lowest BCUT2D eigenvalue weighted by molar-refractivity contribution is -0.128. The fraction of sp³-hybridized carbons (Fsp3) is 0.0294. The van der Waals surface area contributed by atoms with Crippen molar-refractivity contribution < 1.29 is 19.5 Å². The van der Waals surface area contributed by atoms with Crippen LogP contribution in [0.25, 0.3) is 11.1 Å². The van der Waals surface area contributed by atoms with E-state index in [1.165, 1.54) is 35.2 Å². The summed E-state index contributed by atoms with van der Waals surface area (Å²) in [5.41, 5.74) is 9.58. The summed E-state index contributed by atoms with van der Waals surface area (Å²) in [6, 6.07) is 38.7. The normalized spacial score (nSPS) is 11.3. The van der Waals surface area contributed by atoms with Crippen molar-refractivity contribution in [3.63, 3.8) is 0 Å². The SMILES string of the molecule is NC(=O)C(C(=O)N(c1ccccc1)c1ccccc1)c1ccc(C(=O)Nc2cc(-c3ccccc3)ccc2O)cc1. The molecule has 0 aliphatic rings. The Morgan fingerprint density at radius 3 is 1.73 bits per heavy atom. The van der Waals surface area contributed by atoms with Gasteiger partial charge >= 0.3 is 0 Å². The number of anilines is 3. The zero-order valence-corrected chi connectivity index (χ0v) is 22.0. The highest BCUT2D eigenvalue weighted by atomic mass is 16.3. The Hall–Kier alpha value is -5.69. The van der Waals surface area contributed by atoms with Crippen molar-refractivity contribution in [3.8, 4) is 16.9 Å². The van der Waals surface area contributed by atoms with E-state index in [0.29, 0.717) is 16.9 Å². The van der Waals surface area contributed by atoms with E-state index in [-0.39, 0.29) is 17.0 Å². The molecule has 7 heteroatoms. The molecule has 0 aliphatic carbocycles. The summed E-state index contributed by atoms with van der Waals surface area (Å²) in [5.74, 6) is -3.16. The van der Waals surface area contributed by atoms with Gasteiger partial charge in [-0.15, -0.1) is 0 Å². The number of hydrogen-bond donors (Lipinski definition) is 3. The molecule has 5 aromatic carbocycles. The molecule has 0 bridgehead atoms. The van der Waals surface area contributed by atoms with Gasteiger partial charge in [0.2, 0.25) is 11.8 Å². The molecule has 202 valence electrons. The monoisotopic (exact) mass is 541 g/mol. The van der Waals surface area contributed by atoms with Crippen molar-refractivity contribution in [1.82, 2.24) is 0 Å². The number of rotatable bonds is 8. The predicted molar refractivity (Wildman–Crippen MR) is 160 cm³/mol. The van der Waals surface area contributed by atoms with Gasteiger partial charge in [-0.05, 0) is 65.2 Å². The molecular formula is C34H27N3O4. The topological polar surface area (TPSA) is 113 Å². The maximum absolute atomic E-state index is 13.9. The quantitative estimate of drug-likeness (QED) is 0.159. The summed E-state index contributed by atoms with van der Waals surface area (Å²) < 4.78 is 0. The van der Waals surface area contributed by atoms with Crippen molar-refractivity contribution in [2.45, 2.75) is 5.92 Å². The predicted octanol–water partition coefficient (Wildman–Crippen LogP) is 6.25. The number of amides is 3. The number of carbonyl (C=O) groups excluding carboxylic acids is 3. The Labute approximate surface area is 237 Å². The number of phenols is 1. The van der Waals surface area contributed by atoms with Crippen LogP contribution in [-0.2, 0) is 9.59 Å². The molecule has 5 rings (SSSR count). The van der Waals surface area contributed by atoms with E-state index in [9.17, 15) is 19.5 Å². The summed E-state index contributed by atoms with van der Waals surface area (Å²) in [4.78, 5) is 41.0. The maximum atomic E-state index is 13.9. The van der Waals surface area contributed by atoms with Gasteiger partial charge < -0.3 is 16.2 Å². The lowest BCUT2D eigenvalue weighted by atomic mass is 9.95. The van der Waals surface area contributed by atoms with Gasteiger partial charge in [0.05, 0.1) is 5.69 Å². The number of nitrogens with two attached hydrogens (primary N) is 1. The highest BCUT2D eigenvalue weighted by Crippen LogP contribution is 2.32. The van der Waals surface area contributed by atoms with Gasteiger partial charge in [0, 0.05) is 16.9 Å². The Bertz CT molecular complexity index is 1630. The zero-order chi connectivity index (χ0) is 28.8. The summed E-state index contributed by atoms with van der Waals surface area (Å²) in [7, 11) is 0. The molecule has 1 unspecified atom stereocenters. The van der Waals surface area contributed by atoms with Crippen LogP contribution in [0.2, 0.25) is 0 Å². The average Bonchev–Trinajstić information content (AvgIpc) is 3.00. The van der Waals surface area contributed by atoms with Gasteiger partial charge in [-0.3, -0.25) is 19.3 Å². The molecule has 5 aromatic rings. The minimum absolute atomic E-state index is 0.0732. The van der Waals surface area contributed by atoms with E-state index >= 15 is 0 Å².